The zero-order valence-electron chi connectivity index (χ0n) is 10.1. The van der Waals surface area contributed by atoms with Crippen LogP contribution in [0.5, 0.6) is 0 Å². The van der Waals surface area contributed by atoms with Crippen LogP contribution < -0.4 is 5.32 Å². The fourth-order valence-electron chi connectivity index (χ4n) is 1.85. The first-order chi connectivity index (χ1) is 8.16. The molecule has 2 aromatic rings. The van der Waals surface area contributed by atoms with Crippen molar-refractivity contribution < 1.29 is 0 Å². The van der Waals surface area contributed by atoms with Gasteiger partial charge in [0.15, 0.2) is 0 Å². The van der Waals surface area contributed by atoms with Gasteiger partial charge in [0.1, 0.15) is 0 Å². The summed E-state index contributed by atoms with van der Waals surface area (Å²) in [4.78, 5) is 0. The minimum Gasteiger partial charge on any atom is -0.378 e. The molecule has 88 valence electrons. The second-order valence-electron chi connectivity index (χ2n) is 4.24. The molecule has 0 aliphatic heterocycles. The van der Waals surface area contributed by atoms with Gasteiger partial charge in [-0.3, -0.25) is 0 Å². The molecule has 0 radical (unpaired) electrons. The molecule has 0 aromatic heterocycles. The molecular formula is C15H16IN. The van der Waals surface area contributed by atoms with Crippen molar-refractivity contribution in [2.24, 2.45) is 0 Å². The van der Waals surface area contributed by atoms with E-state index in [2.05, 4.69) is 84.2 Å². The zero-order valence-corrected chi connectivity index (χ0v) is 12.2. The molecule has 2 rings (SSSR count). The Morgan fingerprint density at radius 1 is 1.06 bits per heavy atom. The number of benzene rings is 2. The molecule has 0 amide bonds. The minimum atomic E-state index is 0.329. The minimum absolute atomic E-state index is 0.329. The van der Waals surface area contributed by atoms with E-state index in [0.29, 0.717) is 6.04 Å². The van der Waals surface area contributed by atoms with Crippen molar-refractivity contribution in [2.75, 3.05) is 5.32 Å². The molecule has 2 aromatic carbocycles. The fraction of sp³-hybridized carbons (Fsp3) is 0.200. The summed E-state index contributed by atoms with van der Waals surface area (Å²) in [6.45, 7) is 4.33. The van der Waals surface area contributed by atoms with Crippen LogP contribution in [0.3, 0.4) is 0 Å². The van der Waals surface area contributed by atoms with E-state index in [9.17, 15) is 0 Å². The Labute approximate surface area is 116 Å². The van der Waals surface area contributed by atoms with Gasteiger partial charge in [-0.1, -0.05) is 30.3 Å². The number of hydrogen-bond donors (Lipinski definition) is 1. The van der Waals surface area contributed by atoms with Crippen molar-refractivity contribution in [3.63, 3.8) is 0 Å². The largest absolute Gasteiger partial charge is 0.378 e. The summed E-state index contributed by atoms with van der Waals surface area (Å²) >= 11 is 2.34. The third kappa shape index (κ3) is 3.22. The van der Waals surface area contributed by atoms with Gasteiger partial charge in [-0.15, -0.1) is 0 Å². The van der Waals surface area contributed by atoms with E-state index in [-0.39, 0.29) is 0 Å². The first-order valence-corrected chi connectivity index (χ1v) is 6.82. The van der Waals surface area contributed by atoms with Gasteiger partial charge in [-0.25, -0.2) is 0 Å². The van der Waals surface area contributed by atoms with Crippen LogP contribution in [-0.4, -0.2) is 0 Å². The van der Waals surface area contributed by atoms with Crippen molar-refractivity contribution in [1.82, 2.24) is 0 Å². The summed E-state index contributed by atoms with van der Waals surface area (Å²) in [5.41, 5.74) is 3.81. The van der Waals surface area contributed by atoms with Gasteiger partial charge < -0.3 is 5.32 Å². The topological polar surface area (TPSA) is 12.0 Å². The monoisotopic (exact) mass is 337 g/mol. The van der Waals surface area contributed by atoms with Gasteiger partial charge in [0, 0.05) is 15.3 Å². The molecule has 0 spiro atoms. The third-order valence-electron chi connectivity index (χ3n) is 2.86. The number of aryl methyl sites for hydroxylation is 1. The normalized spacial score (nSPS) is 12.2. The van der Waals surface area contributed by atoms with E-state index in [4.69, 9.17) is 0 Å². The van der Waals surface area contributed by atoms with Crippen molar-refractivity contribution in [3.8, 4) is 0 Å². The highest BCUT2D eigenvalue weighted by atomic mass is 127. The standard InChI is InChI=1S/C15H16IN/c1-11-10-14(16)8-9-15(11)17-12(2)13-6-4-3-5-7-13/h3-10,12,17H,1-2H3. The predicted molar refractivity (Wildman–Crippen MR) is 82.4 cm³/mol. The van der Waals surface area contributed by atoms with E-state index in [1.807, 2.05) is 6.07 Å². The fourth-order valence-corrected chi connectivity index (χ4v) is 2.49. The van der Waals surface area contributed by atoms with Crippen LogP contribution in [0.1, 0.15) is 24.1 Å². The Balaban J connectivity index is 2.16. The van der Waals surface area contributed by atoms with E-state index in [1.165, 1.54) is 20.4 Å². The summed E-state index contributed by atoms with van der Waals surface area (Å²) in [7, 11) is 0. The molecule has 1 unspecified atom stereocenters. The average Bonchev–Trinajstić information content (AvgIpc) is 2.34. The maximum Gasteiger partial charge on any atom is 0.0485 e. The maximum absolute atomic E-state index is 3.55. The molecule has 0 saturated heterocycles. The molecule has 0 aliphatic carbocycles. The summed E-state index contributed by atoms with van der Waals surface area (Å²) in [6, 6.07) is 17.3. The quantitative estimate of drug-likeness (QED) is 0.796. The molecule has 0 saturated carbocycles. The number of hydrogen-bond acceptors (Lipinski definition) is 1. The van der Waals surface area contributed by atoms with Crippen molar-refractivity contribution in [2.45, 2.75) is 19.9 Å². The highest BCUT2D eigenvalue weighted by Gasteiger charge is 2.06. The van der Waals surface area contributed by atoms with Crippen molar-refractivity contribution >= 4 is 28.3 Å². The Morgan fingerprint density at radius 2 is 1.76 bits per heavy atom. The van der Waals surface area contributed by atoms with Gasteiger partial charge in [0.25, 0.3) is 0 Å². The molecular weight excluding hydrogens is 321 g/mol. The van der Waals surface area contributed by atoms with Gasteiger partial charge in [0.2, 0.25) is 0 Å². The van der Waals surface area contributed by atoms with Gasteiger partial charge in [-0.2, -0.15) is 0 Å². The first-order valence-electron chi connectivity index (χ1n) is 5.74. The van der Waals surface area contributed by atoms with Crippen molar-refractivity contribution in [3.05, 3.63) is 63.2 Å². The number of halogens is 1. The summed E-state index contributed by atoms with van der Waals surface area (Å²) in [5, 5.41) is 3.55. The van der Waals surface area contributed by atoms with Crippen LogP contribution in [0.25, 0.3) is 0 Å². The number of rotatable bonds is 3. The Kier molecular flexibility index (Phi) is 4.05. The van der Waals surface area contributed by atoms with E-state index in [1.54, 1.807) is 0 Å². The van der Waals surface area contributed by atoms with Crippen LogP contribution in [-0.2, 0) is 0 Å². The van der Waals surface area contributed by atoms with Crippen LogP contribution in [0, 0.1) is 10.5 Å². The van der Waals surface area contributed by atoms with Crippen LogP contribution in [0.2, 0.25) is 0 Å². The summed E-state index contributed by atoms with van der Waals surface area (Å²) < 4.78 is 1.28. The lowest BCUT2D eigenvalue weighted by Crippen LogP contribution is -2.07. The molecule has 0 fully saturated rings. The molecule has 0 heterocycles. The van der Waals surface area contributed by atoms with E-state index in [0.717, 1.165) is 0 Å². The lowest BCUT2D eigenvalue weighted by atomic mass is 10.1. The number of anilines is 1. The molecule has 1 nitrogen and oxygen atoms in total. The van der Waals surface area contributed by atoms with Gasteiger partial charge >= 0.3 is 0 Å². The Morgan fingerprint density at radius 3 is 2.41 bits per heavy atom. The zero-order chi connectivity index (χ0) is 12.3. The highest BCUT2D eigenvalue weighted by molar-refractivity contribution is 14.1. The van der Waals surface area contributed by atoms with E-state index < -0.39 is 0 Å². The van der Waals surface area contributed by atoms with Crippen LogP contribution in [0.4, 0.5) is 5.69 Å². The molecule has 2 heteroatoms. The molecule has 0 aliphatic rings. The lowest BCUT2D eigenvalue weighted by Gasteiger charge is -2.17. The summed E-state index contributed by atoms with van der Waals surface area (Å²) in [6.07, 6.45) is 0. The molecule has 1 N–H and O–H groups in total. The Hall–Kier alpha value is -1.03. The van der Waals surface area contributed by atoms with E-state index >= 15 is 0 Å². The smallest absolute Gasteiger partial charge is 0.0485 e. The SMILES string of the molecule is Cc1cc(I)ccc1NC(C)c1ccccc1. The average molecular weight is 337 g/mol. The second kappa shape index (κ2) is 5.54. The van der Waals surface area contributed by atoms with Crippen LogP contribution in [0.15, 0.2) is 48.5 Å². The lowest BCUT2D eigenvalue weighted by molar-refractivity contribution is 0.882. The molecule has 0 bridgehead atoms. The predicted octanol–water partition coefficient (Wildman–Crippen LogP) is 4.77. The van der Waals surface area contributed by atoms with Gasteiger partial charge in [-0.05, 0) is 65.8 Å². The second-order valence-corrected chi connectivity index (χ2v) is 5.48. The molecule has 17 heavy (non-hydrogen) atoms. The maximum atomic E-state index is 3.55. The summed E-state index contributed by atoms with van der Waals surface area (Å²) in [5.74, 6) is 0. The molecule has 1 atom stereocenters. The number of nitrogens with one attached hydrogen (secondary N) is 1. The highest BCUT2D eigenvalue weighted by Crippen LogP contribution is 2.23. The van der Waals surface area contributed by atoms with Crippen molar-refractivity contribution in [1.29, 1.82) is 0 Å². The third-order valence-corrected chi connectivity index (χ3v) is 3.53. The van der Waals surface area contributed by atoms with Crippen LogP contribution >= 0.6 is 22.6 Å². The first kappa shape index (κ1) is 12.4. The van der Waals surface area contributed by atoms with Gasteiger partial charge in [0.05, 0.1) is 0 Å². The Bertz CT molecular complexity index is 494.